The van der Waals surface area contributed by atoms with Crippen molar-refractivity contribution < 1.29 is 14.6 Å². The highest BCUT2D eigenvalue weighted by Gasteiger charge is 2.33. The number of hydrogen-bond donors (Lipinski definition) is 1. The molecule has 0 spiro atoms. The number of methoxy groups -OCH3 is 1. The number of benzene rings is 1. The number of esters is 1. The molecule has 1 aromatic rings. The van der Waals surface area contributed by atoms with E-state index in [1.165, 1.54) is 12.7 Å². The van der Waals surface area contributed by atoms with Gasteiger partial charge >= 0.3 is 5.97 Å². The van der Waals surface area contributed by atoms with Gasteiger partial charge in [0.25, 0.3) is 0 Å². The summed E-state index contributed by atoms with van der Waals surface area (Å²) in [5.74, 6) is -0.258. The third-order valence-corrected chi connectivity index (χ3v) is 4.45. The van der Waals surface area contributed by atoms with Crippen LogP contribution in [-0.2, 0) is 16.0 Å². The first-order valence-corrected chi connectivity index (χ1v) is 7.59. The molecule has 1 N–H and O–H groups in total. The predicted molar refractivity (Wildman–Crippen MR) is 82.8 cm³/mol. The monoisotopic (exact) mass is 288 g/mol. The Hall–Kier alpha value is -1.61. The van der Waals surface area contributed by atoms with E-state index in [2.05, 4.69) is 18.7 Å². The summed E-state index contributed by atoms with van der Waals surface area (Å²) in [5, 5.41) is 10.5. The zero-order valence-corrected chi connectivity index (χ0v) is 12.6. The van der Waals surface area contributed by atoms with E-state index < -0.39 is 6.10 Å². The lowest BCUT2D eigenvalue weighted by atomic mass is 9.75. The van der Waals surface area contributed by atoms with Crippen LogP contribution in [0.4, 0.5) is 0 Å². The summed E-state index contributed by atoms with van der Waals surface area (Å²) >= 11 is 0. The van der Waals surface area contributed by atoms with Gasteiger partial charge in [0.05, 0.1) is 19.1 Å². The third-order valence-electron chi connectivity index (χ3n) is 4.45. The summed E-state index contributed by atoms with van der Waals surface area (Å²) in [6, 6.07) is 10.1. The van der Waals surface area contributed by atoms with Gasteiger partial charge < -0.3 is 9.84 Å². The maximum atomic E-state index is 11.7. The third kappa shape index (κ3) is 4.18. The van der Waals surface area contributed by atoms with Crippen molar-refractivity contribution in [2.45, 2.75) is 38.2 Å². The van der Waals surface area contributed by atoms with Crippen LogP contribution in [0.3, 0.4) is 0 Å². The van der Waals surface area contributed by atoms with E-state index in [4.69, 9.17) is 4.74 Å². The van der Waals surface area contributed by atoms with Crippen LogP contribution in [0.1, 0.15) is 31.2 Å². The van der Waals surface area contributed by atoms with Crippen LogP contribution in [0.2, 0.25) is 0 Å². The summed E-state index contributed by atoms with van der Waals surface area (Å²) in [7, 11) is 1.42. The Bertz CT molecular complexity index is 480. The van der Waals surface area contributed by atoms with Crippen molar-refractivity contribution in [3.8, 4) is 0 Å². The summed E-state index contributed by atoms with van der Waals surface area (Å²) < 4.78 is 4.83. The fraction of sp³-hybridized carbons (Fsp3) is 0.500. The van der Waals surface area contributed by atoms with Gasteiger partial charge in [0, 0.05) is 5.92 Å². The van der Waals surface area contributed by atoms with Crippen molar-refractivity contribution in [2.24, 2.45) is 11.8 Å². The smallest absolute Gasteiger partial charge is 0.308 e. The van der Waals surface area contributed by atoms with E-state index in [1.54, 1.807) is 0 Å². The molecular formula is C18H24O3. The Labute approximate surface area is 126 Å². The number of carbonyl (C=O) groups excluding carboxylic acids is 1. The molecule has 114 valence electrons. The number of hydrogen-bond acceptors (Lipinski definition) is 3. The molecule has 0 saturated heterocycles. The first kappa shape index (κ1) is 15.8. The van der Waals surface area contributed by atoms with Crippen LogP contribution in [0.15, 0.2) is 42.5 Å². The molecule has 0 aliphatic heterocycles. The molecule has 3 nitrogen and oxygen atoms in total. The SMILES string of the molecule is C=C1CC[C@H](C(=O)OC)C[C@@H]1[C@@H](O)CCc1ccccc1. The number of rotatable bonds is 5. The molecule has 3 atom stereocenters. The van der Waals surface area contributed by atoms with Crippen LogP contribution in [0.25, 0.3) is 0 Å². The number of aliphatic hydroxyl groups excluding tert-OH is 1. The molecule has 0 amide bonds. The average molecular weight is 288 g/mol. The number of carbonyl (C=O) groups is 1. The highest BCUT2D eigenvalue weighted by atomic mass is 16.5. The molecule has 2 rings (SSSR count). The highest BCUT2D eigenvalue weighted by Crippen LogP contribution is 2.36. The van der Waals surface area contributed by atoms with Crippen molar-refractivity contribution in [1.29, 1.82) is 0 Å². The normalized spacial score (nSPS) is 23.6. The molecule has 1 fully saturated rings. The van der Waals surface area contributed by atoms with Crippen LogP contribution >= 0.6 is 0 Å². The molecule has 21 heavy (non-hydrogen) atoms. The molecular weight excluding hydrogens is 264 g/mol. The molecule has 0 aromatic heterocycles. The van der Waals surface area contributed by atoms with E-state index in [0.29, 0.717) is 12.8 Å². The van der Waals surface area contributed by atoms with Gasteiger partial charge in [-0.05, 0) is 37.7 Å². The van der Waals surface area contributed by atoms with Crippen LogP contribution in [-0.4, -0.2) is 24.3 Å². The fourth-order valence-corrected chi connectivity index (χ4v) is 3.11. The molecule has 0 unspecified atom stereocenters. The van der Waals surface area contributed by atoms with Gasteiger partial charge in [-0.3, -0.25) is 4.79 Å². The van der Waals surface area contributed by atoms with Crippen molar-refractivity contribution in [2.75, 3.05) is 7.11 Å². The first-order chi connectivity index (χ1) is 10.1. The van der Waals surface area contributed by atoms with Gasteiger partial charge in [0.1, 0.15) is 0 Å². The van der Waals surface area contributed by atoms with E-state index in [0.717, 1.165) is 24.8 Å². The number of aryl methyl sites for hydroxylation is 1. The van der Waals surface area contributed by atoms with E-state index in [9.17, 15) is 9.90 Å². The predicted octanol–water partition coefficient (Wildman–Crippen LogP) is 3.13. The molecule has 0 radical (unpaired) electrons. The highest BCUT2D eigenvalue weighted by molar-refractivity contribution is 5.72. The second kappa shape index (κ2) is 7.41. The minimum atomic E-state index is -0.440. The van der Waals surface area contributed by atoms with E-state index in [-0.39, 0.29) is 17.8 Å². The zero-order chi connectivity index (χ0) is 15.2. The fourth-order valence-electron chi connectivity index (χ4n) is 3.11. The van der Waals surface area contributed by atoms with Gasteiger partial charge in [0.15, 0.2) is 0 Å². The van der Waals surface area contributed by atoms with Gasteiger partial charge in [-0.1, -0.05) is 42.5 Å². The zero-order valence-electron chi connectivity index (χ0n) is 12.6. The average Bonchev–Trinajstić information content (AvgIpc) is 2.53. The topological polar surface area (TPSA) is 46.5 Å². The van der Waals surface area contributed by atoms with Gasteiger partial charge in [-0.2, -0.15) is 0 Å². The van der Waals surface area contributed by atoms with Gasteiger partial charge in [-0.25, -0.2) is 0 Å². The minimum Gasteiger partial charge on any atom is -0.469 e. The second-order valence-corrected chi connectivity index (χ2v) is 5.85. The molecule has 3 heteroatoms. The Kier molecular flexibility index (Phi) is 5.57. The first-order valence-electron chi connectivity index (χ1n) is 7.59. The molecule has 0 bridgehead atoms. The van der Waals surface area contributed by atoms with Crippen LogP contribution in [0.5, 0.6) is 0 Å². The van der Waals surface area contributed by atoms with E-state index >= 15 is 0 Å². The molecule has 1 aromatic carbocycles. The number of ether oxygens (including phenoxy) is 1. The Morgan fingerprint density at radius 3 is 2.81 bits per heavy atom. The maximum Gasteiger partial charge on any atom is 0.308 e. The lowest BCUT2D eigenvalue weighted by Gasteiger charge is -2.33. The lowest BCUT2D eigenvalue weighted by molar-refractivity contribution is -0.147. The molecule has 0 heterocycles. The standard InChI is InChI=1S/C18H24O3/c1-13-8-10-15(18(20)21-2)12-16(13)17(19)11-9-14-6-4-3-5-7-14/h3-7,15-17,19H,1,8-12H2,2H3/t15-,16-,17-/m0/s1. The lowest BCUT2D eigenvalue weighted by Crippen LogP contribution is -2.32. The van der Waals surface area contributed by atoms with E-state index in [1.807, 2.05) is 18.2 Å². The summed E-state index contributed by atoms with van der Waals surface area (Å²) in [4.78, 5) is 11.7. The summed E-state index contributed by atoms with van der Waals surface area (Å²) in [6.45, 7) is 4.08. The van der Waals surface area contributed by atoms with Crippen molar-refractivity contribution in [1.82, 2.24) is 0 Å². The minimum absolute atomic E-state index is 0.00608. The molecule has 1 aliphatic carbocycles. The van der Waals surface area contributed by atoms with Crippen LogP contribution < -0.4 is 0 Å². The quantitative estimate of drug-likeness (QED) is 0.669. The van der Waals surface area contributed by atoms with Crippen molar-refractivity contribution in [3.05, 3.63) is 48.0 Å². The number of aliphatic hydroxyl groups is 1. The summed E-state index contributed by atoms with van der Waals surface area (Å²) in [6.07, 6.45) is 3.34. The van der Waals surface area contributed by atoms with Gasteiger partial charge in [0.2, 0.25) is 0 Å². The second-order valence-electron chi connectivity index (χ2n) is 5.85. The Morgan fingerprint density at radius 2 is 2.14 bits per heavy atom. The molecule has 1 saturated carbocycles. The summed E-state index contributed by atoms with van der Waals surface area (Å²) in [5.41, 5.74) is 2.29. The largest absolute Gasteiger partial charge is 0.469 e. The van der Waals surface area contributed by atoms with Crippen molar-refractivity contribution in [3.63, 3.8) is 0 Å². The maximum absolute atomic E-state index is 11.7. The van der Waals surface area contributed by atoms with Crippen molar-refractivity contribution >= 4 is 5.97 Å². The molecule has 1 aliphatic rings. The van der Waals surface area contributed by atoms with Gasteiger partial charge in [-0.15, -0.1) is 0 Å². The Balaban J connectivity index is 1.91. The Morgan fingerprint density at radius 1 is 1.43 bits per heavy atom. The van der Waals surface area contributed by atoms with Crippen LogP contribution in [0, 0.1) is 11.8 Å².